The number of rotatable bonds is 7. The Labute approximate surface area is 166 Å². The SMILES string of the molecule is COc1cccc(C(=O)N2CCN(CC(O)COc3ccc(C)cc3)CC2)c1. The highest BCUT2D eigenvalue weighted by molar-refractivity contribution is 5.94. The molecule has 28 heavy (non-hydrogen) atoms. The molecule has 2 aromatic carbocycles. The van der Waals surface area contributed by atoms with Gasteiger partial charge in [0.1, 0.15) is 24.2 Å². The maximum absolute atomic E-state index is 12.7. The van der Waals surface area contributed by atoms with Crippen LogP contribution in [0.25, 0.3) is 0 Å². The molecule has 1 amide bonds. The van der Waals surface area contributed by atoms with Gasteiger partial charge in [-0.15, -0.1) is 0 Å². The lowest BCUT2D eigenvalue weighted by molar-refractivity contribution is 0.0403. The molecule has 1 heterocycles. The van der Waals surface area contributed by atoms with E-state index in [4.69, 9.17) is 9.47 Å². The standard InChI is InChI=1S/C22H28N2O4/c1-17-6-8-20(9-7-17)28-16-19(25)15-23-10-12-24(13-11-23)22(26)18-4-3-5-21(14-18)27-2/h3-9,14,19,25H,10-13,15-16H2,1-2H3. The molecule has 1 N–H and O–H groups in total. The van der Waals surface area contributed by atoms with Crippen molar-refractivity contribution >= 4 is 5.91 Å². The molecule has 3 rings (SSSR count). The van der Waals surface area contributed by atoms with Gasteiger partial charge >= 0.3 is 0 Å². The summed E-state index contributed by atoms with van der Waals surface area (Å²) in [6.45, 7) is 5.56. The summed E-state index contributed by atoms with van der Waals surface area (Å²) in [5.41, 5.74) is 1.81. The summed E-state index contributed by atoms with van der Waals surface area (Å²) in [5, 5.41) is 10.3. The zero-order chi connectivity index (χ0) is 19.9. The van der Waals surface area contributed by atoms with Crippen LogP contribution >= 0.6 is 0 Å². The molecule has 1 atom stereocenters. The highest BCUT2D eigenvalue weighted by atomic mass is 16.5. The van der Waals surface area contributed by atoms with Gasteiger partial charge in [-0.3, -0.25) is 9.69 Å². The third-order valence-electron chi connectivity index (χ3n) is 4.91. The molecule has 1 unspecified atom stereocenters. The number of nitrogens with zero attached hydrogens (tertiary/aromatic N) is 2. The van der Waals surface area contributed by atoms with Crippen LogP contribution in [-0.4, -0.2) is 73.4 Å². The summed E-state index contributed by atoms with van der Waals surface area (Å²) in [4.78, 5) is 16.7. The lowest BCUT2D eigenvalue weighted by Gasteiger charge is -2.35. The fourth-order valence-electron chi connectivity index (χ4n) is 3.25. The van der Waals surface area contributed by atoms with Gasteiger partial charge in [0, 0.05) is 38.3 Å². The van der Waals surface area contributed by atoms with E-state index < -0.39 is 6.10 Å². The number of hydrogen-bond donors (Lipinski definition) is 1. The van der Waals surface area contributed by atoms with Crippen LogP contribution in [0.15, 0.2) is 48.5 Å². The highest BCUT2D eigenvalue weighted by Gasteiger charge is 2.23. The Morgan fingerprint density at radius 3 is 2.46 bits per heavy atom. The number of piperazine rings is 1. The molecule has 1 fully saturated rings. The Balaban J connectivity index is 1.43. The van der Waals surface area contributed by atoms with E-state index in [2.05, 4.69) is 4.90 Å². The summed E-state index contributed by atoms with van der Waals surface area (Å²) < 4.78 is 10.8. The molecule has 0 radical (unpaired) electrons. The summed E-state index contributed by atoms with van der Waals surface area (Å²) in [6.07, 6.45) is -0.568. The highest BCUT2D eigenvalue weighted by Crippen LogP contribution is 2.16. The second kappa shape index (κ2) is 9.57. The molecular formula is C22H28N2O4. The van der Waals surface area contributed by atoms with Crippen molar-refractivity contribution in [1.29, 1.82) is 0 Å². The van der Waals surface area contributed by atoms with Gasteiger partial charge < -0.3 is 19.5 Å². The van der Waals surface area contributed by atoms with E-state index in [1.807, 2.05) is 54.3 Å². The third kappa shape index (κ3) is 5.47. The van der Waals surface area contributed by atoms with Crippen molar-refractivity contribution in [3.63, 3.8) is 0 Å². The maximum Gasteiger partial charge on any atom is 0.254 e. The fourth-order valence-corrected chi connectivity index (χ4v) is 3.25. The first-order chi connectivity index (χ1) is 13.5. The molecule has 0 aliphatic carbocycles. The van der Waals surface area contributed by atoms with Gasteiger partial charge in [-0.25, -0.2) is 0 Å². The van der Waals surface area contributed by atoms with Crippen LogP contribution < -0.4 is 9.47 Å². The quantitative estimate of drug-likeness (QED) is 0.793. The number of methoxy groups -OCH3 is 1. The van der Waals surface area contributed by atoms with Crippen LogP contribution in [0.4, 0.5) is 0 Å². The first-order valence-electron chi connectivity index (χ1n) is 9.58. The van der Waals surface area contributed by atoms with Gasteiger partial charge in [0.15, 0.2) is 0 Å². The second-order valence-electron chi connectivity index (χ2n) is 7.10. The van der Waals surface area contributed by atoms with E-state index >= 15 is 0 Å². The molecule has 1 aliphatic heterocycles. The zero-order valence-corrected chi connectivity index (χ0v) is 16.5. The smallest absolute Gasteiger partial charge is 0.254 e. The van der Waals surface area contributed by atoms with E-state index in [0.29, 0.717) is 30.9 Å². The fraction of sp³-hybridized carbons (Fsp3) is 0.409. The van der Waals surface area contributed by atoms with Crippen molar-refractivity contribution in [2.45, 2.75) is 13.0 Å². The molecule has 0 spiro atoms. The zero-order valence-electron chi connectivity index (χ0n) is 16.5. The molecule has 0 bridgehead atoms. The lowest BCUT2D eigenvalue weighted by Crippen LogP contribution is -2.50. The largest absolute Gasteiger partial charge is 0.497 e. The minimum atomic E-state index is -0.568. The second-order valence-corrected chi connectivity index (χ2v) is 7.10. The first-order valence-corrected chi connectivity index (χ1v) is 9.58. The van der Waals surface area contributed by atoms with E-state index in [1.54, 1.807) is 13.2 Å². The number of aryl methyl sites for hydroxylation is 1. The van der Waals surface area contributed by atoms with Crippen LogP contribution in [0, 0.1) is 6.92 Å². The van der Waals surface area contributed by atoms with Crippen molar-refractivity contribution < 1.29 is 19.4 Å². The van der Waals surface area contributed by atoms with Crippen LogP contribution in [0.3, 0.4) is 0 Å². The summed E-state index contributed by atoms with van der Waals surface area (Å²) in [5.74, 6) is 1.46. The van der Waals surface area contributed by atoms with Gasteiger partial charge in [-0.2, -0.15) is 0 Å². The third-order valence-corrected chi connectivity index (χ3v) is 4.91. The average molecular weight is 384 g/mol. The lowest BCUT2D eigenvalue weighted by atomic mass is 10.1. The number of β-amino-alcohol motifs (C(OH)–C–C–N with tert-alkyl or cyclic N) is 1. The molecular weight excluding hydrogens is 356 g/mol. The number of carbonyl (C=O) groups is 1. The minimum absolute atomic E-state index is 0.0156. The molecule has 0 saturated carbocycles. The Morgan fingerprint density at radius 1 is 1.07 bits per heavy atom. The van der Waals surface area contributed by atoms with E-state index in [0.717, 1.165) is 18.8 Å². The Kier molecular flexibility index (Phi) is 6.90. The predicted molar refractivity (Wildman–Crippen MR) is 108 cm³/mol. The van der Waals surface area contributed by atoms with Crippen molar-refractivity contribution in [2.24, 2.45) is 0 Å². The Bertz CT molecular complexity index is 770. The van der Waals surface area contributed by atoms with Crippen molar-refractivity contribution in [1.82, 2.24) is 9.80 Å². The van der Waals surface area contributed by atoms with Gasteiger partial charge in [0.05, 0.1) is 7.11 Å². The van der Waals surface area contributed by atoms with E-state index in [-0.39, 0.29) is 12.5 Å². The van der Waals surface area contributed by atoms with Crippen molar-refractivity contribution in [3.8, 4) is 11.5 Å². The number of carbonyl (C=O) groups excluding carboxylic acids is 1. The number of benzene rings is 2. The van der Waals surface area contributed by atoms with Crippen LogP contribution in [0.2, 0.25) is 0 Å². The molecule has 6 nitrogen and oxygen atoms in total. The molecule has 2 aromatic rings. The average Bonchev–Trinajstić information content (AvgIpc) is 2.73. The summed E-state index contributed by atoms with van der Waals surface area (Å²) >= 11 is 0. The van der Waals surface area contributed by atoms with Crippen LogP contribution in [0.5, 0.6) is 11.5 Å². The molecule has 1 saturated heterocycles. The molecule has 1 aliphatic rings. The van der Waals surface area contributed by atoms with Crippen molar-refractivity contribution in [3.05, 3.63) is 59.7 Å². The van der Waals surface area contributed by atoms with Gasteiger partial charge in [-0.05, 0) is 37.3 Å². The van der Waals surface area contributed by atoms with E-state index in [9.17, 15) is 9.90 Å². The van der Waals surface area contributed by atoms with E-state index in [1.165, 1.54) is 5.56 Å². The normalized spacial score (nSPS) is 15.9. The topological polar surface area (TPSA) is 62.2 Å². The summed E-state index contributed by atoms with van der Waals surface area (Å²) in [7, 11) is 1.59. The van der Waals surface area contributed by atoms with Crippen LogP contribution in [0.1, 0.15) is 15.9 Å². The number of aliphatic hydroxyl groups is 1. The predicted octanol–water partition coefficient (Wildman–Crippen LogP) is 2.20. The Morgan fingerprint density at radius 2 is 1.79 bits per heavy atom. The van der Waals surface area contributed by atoms with Crippen molar-refractivity contribution in [2.75, 3.05) is 46.4 Å². The Hall–Kier alpha value is -2.57. The van der Waals surface area contributed by atoms with Crippen LogP contribution in [-0.2, 0) is 0 Å². The minimum Gasteiger partial charge on any atom is -0.497 e. The molecule has 6 heteroatoms. The monoisotopic (exact) mass is 384 g/mol. The van der Waals surface area contributed by atoms with Gasteiger partial charge in [0.25, 0.3) is 5.91 Å². The van der Waals surface area contributed by atoms with Gasteiger partial charge in [0.2, 0.25) is 0 Å². The number of ether oxygens (including phenoxy) is 2. The summed E-state index contributed by atoms with van der Waals surface area (Å²) in [6, 6.07) is 15.0. The number of amides is 1. The first kappa shape index (κ1) is 20.2. The molecule has 0 aromatic heterocycles. The number of aliphatic hydroxyl groups excluding tert-OH is 1. The number of hydrogen-bond acceptors (Lipinski definition) is 5. The van der Waals surface area contributed by atoms with Gasteiger partial charge in [-0.1, -0.05) is 23.8 Å². The maximum atomic E-state index is 12.7. The molecule has 150 valence electrons.